The highest BCUT2D eigenvalue weighted by Gasteiger charge is 2.39. The minimum Gasteiger partial charge on any atom is -0.493 e. The molecule has 1 N–H and O–H groups in total. The molecule has 0 aliphatic carbocycles. The Bertz CT molecular complexity index is 1530. The van der Waals surface area contributed by atoms with Crippen LogP contribution < -0.4 is 10.3 Å². The Morgan fingerprint density at radius 1 is 1.06 bits per heavy atom. The zero-order chi connectivity index (χ0) is 22.6. The Balaban J connectivity index is 1.82. The lowest BCUT2D eigenvalue weighted by Gasteiger charge is -2.07. The van der Waals surface area contributed by atoms with Gasteiger partial charge in [-0.2, -0.15) is 22.8 Å². The third kappa shape index (κ3) is 2.95. The minimum absolute atomic E-state index is 0.0217. The Morgan fingerprint density at radius 2 is 1.81 bits per heavy atom. The van der Waals surface area contributed by atoms with Gasteiger partial charge in [-0.25, -0.2) is 4.98 Å². The Hall–Kier alpha value is -4.08. The number of methoxy groups -OCH3 is 1. The zero-order valence-electron chi connectivity index (χ0n) is 16.8. The lowest BCUT2D eigenvalue weighted by molar-refractivity contribution is -0.140. The van der Waals surface area contributed by atoms with Crippen molar-refractivity contribution in [2.24, 2.45) is 0 Å². The second kappa shape index (κ2) is 6.98. The molecule has 0 radical (unpaired) electrons. The SMILES string of the molecule is COc1cccc2nc(-c3c(C)[nH]c4c(-c5ccccc5)c(C(F)(F)F)nn4c3=O)oc12. The van der Waals surface area contributed by atoms with Gasteiger partial charge >= 0.3 is 6.18 Å². The molecule has 0 saturated carbocycles. The fourth-order valence-corrected chi connectivity index (χ4v) is 3.71. The molecule has 5 rings (SSSR count). The second-order valence-electron chi connectivity index (χ2n) is 7.11. The molecule has 0 fully saturated rings. The standard InChI is InChI=1S/C22H15F3N4O3/c1-11-15(20-27-13-9-6-10-14(31-2)17(13)32-20)21(30)29-19(26-11)16(12-7-4-3-5-8-12)18(28-29)22(23,24)25/h3-10,26H,1-2H3. The summed E-state index contributed by atoms with van der Waals surface area (Å²) >= 11 is 0. The molecule has 32 heavy (non-hydrogen) atoms. The maximum atomic E-state index is 13.8. The number of H-pyrrole nitrogens is 1. The van der Waals surface area contributed by atoms with Crippen molar-refractivity contribution in [3.63, 3.8) is 0 Å². The number of benzene rings is 2. The van der Waals surface area contributed by atoms with Gasteiger partial charge in [-0.3, -0.25) is 4.79 Å². The van der Waals surface area contributed by atoms with Crippen molar-refractivity contribution in [2.45, 2.75) is 13.1 Å². The molecule has 0 spiro atoms. The largest absolute Gasteiger partial charge is 0.493 e. The number of oxazole rings is 1. The van der Waals surface area contributed by atoms with E-state index in [-0.39, 0.29) is 28.2 Å². The van der Waals surface area contributed by atoms with Gasteiger partial charge in [0.15, 0.2) is 17.0 Å². The predicted octanol–water partition coefficient (Wildman–Crippen LogP) is 4.83. The summed E-state index contributed by atoms with van der Waals surface area (Å²) in [5, 5.41) is 3.63. The van der Waals surface area contributed by atoms with Gasteiger partial charge in [-0.1, -0.05) is 36.4 Å². The lowest BCUT2D eigenvalue weighted by Crippen LogP contribution is -2.19. The summed E-state index contributed by atoms with van der Waals surface area (Å²) in [4.78, 5) is 20.5. The van der Waals surface area contributed by atoms with Gasteiger partial charge in [0.2, 0.25) is 5.89 Å². The van der Waals surface area contributed by atoms with E-state index in [9.17, 15) is 18.0 Å². The van der Waals surface area contributed by atoms with Crippen LogP contribution in [0.2, 0.25) is 0 Å². The molecule has 7 nitrogen and oxygen atoms in total. The average Bonchev–Trinajstić information content (AvgIpc) is 3.36. The summed E-state index contributed by atoms with van der Waals surface area (Å²) in [7, 11) is 1.47. The summed E-state index contributed by atoms with van der Waals surface area (Å²) in [5.74, 6) is 0.372. The van der Waals surface area contributed by atoms with Crippen molar-refractivity contribution in [3.05, 3.63) is 70.3 Å². The van der Waals surface area contributed by atoms with E-state index >= 15 is 0 Å². The van der Waals surface area contributed by atoms with Crippen LogP contribution in [0.3, 0.4) is 0 Å². The normalized spacial score (nSPS) is 12.0. The molecular formula is C22H15F3N4O3. The molecule has 10 heteroatoms. The number of nitrogens with zero attached hydrogens (tertiary/aromatic N) is 3. The first-order valence-corrected chi connectivity index (χ1v) is 9.51. The van der Waals surface area contributed by atoms with Crippen LogP contribution in [0.1, 0.15) is 11.4 Å². The van der Waals surface area contributed by atoms with Crippen LogP contribution in [0.25, 0.3) is 39.3 Å². The number of hydrogen-bond acceptors (Lipinski definition) is 5. The number of fused-ring (bicyclic) bond motifs is 2. The maximum absolute atomic E-state index is 13.8. The van der Waals surface area contributed by atoms with Crippen LogP contribution in [0.5, 0.6) is 5.75 Å². The first-order chi connectivity index (χ1) is 15.3. The highest BCUT2D eigenvalue weighted by atomic mass is 19.4. The smallest absolute Gasteiger partial charge is 0.435 e. The number of para-hydroxylation sites is 1. The van der Waals surface area contributed by atoms with Crippen LogP contribution in [0.15, 0.2) is 57.7 Å². The number of aryl methyl sites for hydroxylation is 1. The van der Waals surface area contributed by atoms with E-state index in [2.05, 4.69) is 15.1 Å². The number of nitrogens with one attached hydrogen (secondary N) is 1. The summed E-state index contributed by atoms with van der Waals surface area (Å²) in [6, 6.07) is 13.0. The summed E-state index contributed by atoms with van der Waals surface area (Å²) < 4.78 is 53.2. The summed E-state index contributed by atoms with van der Waals surface area (Å²) in [5.41, 5.74) is -0.894. The molecule has 0 saturated heterocycles. The Morgan fingerprint density at radius 3 is 2.50 bits per heavy atom. The first-order valence-electron chi connectivity index (χ1n) is 9.51. The van der Waals surface area contributed by atoms with Gasteiger partial charge in [0, 0.05) is 5.69 Å². The number of alkyl halides is 3. The van der Waals surface area contributed by atoms with Crippen LogP contribution in [0.4, 0.5) is 13.2 Å². The molecular weight excluding hydrogens is 425 g/mol. The highest BCUT2D eigenvalue weighted by Crippen LogP contribution is 2.38. The molecule has 0 amide bonds. The van der Waals surface area contributed by atoms with Crippen molar-refractivity contribution in [3.8, 4) is 28.3 Å². The molecule has 0 unspecified atom stereocenters. The minimum atomic E-state index is -4.77. The van der Waals surface area contributed by atoms with Crippen molar-refractivity contribution in [1.29, 1.82) is 0 Å². The molecule has 5 aromatic rings. The lowest BCUT2D eigenvalue weighted by atomic mass is 10.1. The molecule has 0 atom stereocenters. The fourth-order valence-electron chi connectivity index (χ4n) is 3.71. The van der Waals surface area contributed by atoms with Crippen LogP contribution in [0, 0.1) is 6.92 Å². The van der Waals surface area contributed by atoms with E-state index in [0.717, 1.165) is 0 Å². The third-order valence-electron chi connectivity index (χ3n) is 5.12. The van der Waals surface area contributed by atoms with Crippen LogP contribution >= 0.6 is 0 Å². The molecule has 0 aliphatic rings. The molecule has 0 bridgehead atoms. The van der Waals surface area contributed by atoms with Gasteiger partial charge in [-0.05, 0) is 24.6 Å². The number of rotatable bonds is 3. The quantitative estimate of drug-likeness (QED) is 0.434. The Labute approximate surface area is 178 Å². The Kier molecular flexibility index (Phi) is 4.33. The van der Waals surface area contributed by atoms with E-state index in [1.165, 1.54) is 19.2 Å². The van der Waals surface area contributed by atoms with Crippen LogP contribution in [-0.2, 0) is 6.18 Å². The van der Waals surface area contributed by atoms with Crippen LogP contribution in [-0.4, -0.2) is 26.7 Å². The summed E-state index contributed by atoms with van der Waals surface area (Å²) in [6.45, 7) is 1.57. The number of aromatic amines is 1. The van der Waals surface area contributed by atoms with Crippen molar-refractivity contribution in [1.82, 2.24) is 19.6 Å². The molecule has 3 aromatic heterocycles. The van der Waals surface area contributed by atoms with Gasteiger partial charge in [-0.15, -0.1) is 0 Å². The number of hydrogen-bond donors (Lipinski definition) is 1. The number of aromatic nitrogens is 4. The van der Waals surface area contributed by atoms with E-state index in [4.69, 9.17) is 9.15 Å². The fraction of sp³-hybridized carbons (Fsp3) is 0.136. The molecule has 0 aliphatic heterocycles. The average molecular weight is 440 g/mol. The highest BCUT2D eigenvalue weighted by molar-refractivity contribution is 5.83. The van der Waals surface area contributed by atoms with E-state index in [1.807, 2.05) is 0 Å². The van der Waals surface area contributed by atoms with Gasteiger partial charge in [0.25, 0.3) is 5.56 Å². The molecule has 162 valence electrons. The monoisotopic (exact) mass is 440 g/mol. The second-order valence-corrected chi connectivity index (χ2v) is 7.11. The van der Waals surface area contributed by atoms with Crippen molar-refractivity contribution < 1.29 is 22.3 Å². The van der Waals surface area contributed by atoms with Crippen molar-refractivity contribution in [2.75, 3.05) is 7.11 Å². The van der Waals surface area contributed by atoms with Crippen molar-refractivity contribution >= 4 is 16.7 Å². The summed E-state index contributed by atoms with van der Waals surface area (Å²) in [6.07, 6.45) is -4.77. The molecule has 2 aromatic carbocycles. The molecule has 3 heterocycles. The van der Waals surface area contributed by atoms with E-state index in [1.54, 1.807) is 43.3 Å². The van der Waals surface area contributed by atoms with E-state index < -0.39 is 17.4 Å². The third-order valence-corrected chi connectivity index (χ3v) is 5.12. The first kappa shape index (κ1) is 19.9. The topological polar surface area (TPSA) is 85.4 Å². The van der Waals surface area contributed by atoms with E-state index in [0.29, 0.717) is 27.1 Å². The zero-order valence-corrected chi connectivity index (χ0v) is 16.8. The van der Waals surface area contributed by atoms with Gasteiger partial charge in [0.05, 0.1) is 12.7 Å². The number of halogens is 3. The van der Waals surface area contributed by atoms with Gasteiger partial charge in [0.1, 0.15) is 16.7 Å². The number of ether oxygens (including phenoxy) is 1. The predicted molar refractivity (Wildman–Crippen MR) is 111 cm³/mol. The maximum Gasteiger partial charge on any atom is 0.435 e. The van der Waals surface area contributed by atoms with Gasteiger partial charge < -0.3 is 14.1 Å².